The van der Waals surface area contributed by atoms with E-state index in [9.17, 15) is 0 Å². The van der Waals surface area contributed by atoms with Crippen molar-refractivity contribution < 1.29 is 0 Å². The lowest BCUT2D eigenvalue weighted by Gasteiger charge is -2.19. The first-order valence-electron chi connectivity index (χ1n) is 7.74. The Kier molecular flexibility index (Phi) is 5.17. The predicted octanol–water partition coefficient (Wildman–Crippen LogP) is 2.44. The van der Waals surface area contributed by atoms with Crippen LogP contribution in [-0.4, -0.2) is 26.1 Å². The number of nitrogens with one attached hydrogen (secondary N) is 1. The van der Waals surface area contributed by atoms with Gasteiger partial charge in [-0.25, -0.2) is 0 Å². The van der Waals surface area contributed by atoms with Crippen LogP contribution >= 0.6 is 0 Å². The zero-order valence-electron chi connectivity index (χ0n) is 13.8. The summed E-state index contributed by atoms with van der Waals surface area (Å²) in [6, 6.07) is 0.360. The highest BCUT2D eigenvalue weighted by Gasteiger charge is 2.19. The van der Waals surface area contributed by atoms with Crippen LogP contribution in [0.2, 0.25) is 0 Å². The van der Waals surface area contributed by atoms with Gasteiger partial charge in [0.05, 0.1) is 11.9 Å². The van der Waals surface area contributed by atoms with Crippen molar-refractivity contribution in [1.82, 2.24) is 24.9 Å². The van der Waals surface area contributed by atoms with Crippen molar-refractivity contribution in [2.45, 2.75) is 46.1 Å². The number of nitrogens with zero attached hydrogens (tertiary/aromatic N) is 4. The monoisotopic (exact) mass is 289 g/mol. The molecule has 5 nitrogen and oxygen atoms in total. The van der Waals surface area contributed by atoms with Crippen LogP contribution in [0.3, 0.4) is 0 Å². The van der Waals surface area contributed by atoms with Gasteiger partial charge in [0.1, 0.15) is 0 Å². The van der Waals surface area contributed by atoms with Crippen LogP contribution in [0.4, 0.5) is 0 Å². The summed E-state index contributed by atoms with van der Waals surface area (Å²) in [5, 5.41) is 12.5. The predicted molar refractivity (Wildman–Crippen MR) is 85.2 cm³/mol. The minimum absolute atomic E-state index is 0.360. The molecule has 2 aromatic rings. The van der Waals surface area contributed by atoms with Crippen LogP contribution in [0, 0.1) is 13.8 Å². The van der Waals surface area contributed by atoms with Crippen molar-refractivity contribution in [3.63, 3.8) is 0 Å². The SMILES string of the molecule is CCCNC(CCc1cnn(C)c1)c1c(C)nn(C)c1C. The van der Waals surface area contributed by atoms with E-state index in [2.05, 4.69) is 42.5 Å². The molecule has 2 rings (SSSR count). The zero-order valence-corrected chi connectivity index (χ0v) is 13.8. The van der Waals surface area contributed by atoms with Crippen LogP contribution < -0.4 is 5.32 Å². The maximum Gasteiger partial charge on any atom is 0.0644 e. The highest BCUT2D eigenvalue weighted by atomic mass is 15.3. The molecule has 0 fully saturated rings. The summed E-state index contributed by atoms with van der Waals surface area (Å²) >= 11 is 0. The molecule has 0 saturated heterocycles. The molecule has 2 aromatic heterocycles. The van der Waals surface area contributed by atoms with E-state index in [1.54, 1.807) is 0 Å². The van der Waals surface area contributed by atoms with E-state index in [0.717, 1.165) is 31.5 Å². The Hall–Kier alpha value is -1.62. The van der Waals surface area contributed by atoms with Crippen LogP contribution in [-0.2, 0) is 20.5 Å². The maximum absolute atomic E-state index is 4.56. The first-order valence-corrected chi connectivity index (χ1v) is 7.74. The minimum Gasteiger partial charge on any atom is -0.310 e. The number of rotatable bonds is 7. The topological polar surface area (TPSA) is 47.7 Å². The quantitative estimate of drug-likeness (QED) is 0.851. The molecule has 2 heterocycles. The zero-order chi connectivity index (χ0) is 15.4. The molecule has 0 aliphatic carbocycles. The number of hydrogen-bond acceptors (Lipinski definition) is 3. The lowest BCUT2D eigenvalue weighted by atomic mass is 9.98. The Bertz CT molecular complexity index is 582. The second-order valence-corrected chi connectivity index (χ2v) is 5.78. The Balaban J connectivity index is 2.13. The average Bonchev–Trinajstić information content (AvgIpc) is 2.96. The van der Waals surface area contributed by atoms with Crippen molar-refractivity contribution >= 4 is 0 Å². The van der Waals surface area contributed by atoms with Gasteiger partial charge in [0.25, 0.3) is 0 Å². The van der Waals surface area contributed by atoms with Crippen molar-refractivity contribution in [3.8, 4) is 0 Å². The first kappa shape index (κ1) is 15.8. The van der Waals surface area contributed by atoms with Gasteiger partial charge >= 0.3 is 0 Å². The third-order valence-corrected chi connectivity index (χ3v) is 4.03. The molecule has 116 valence electrons. The standard InChI is InChI=1S/C16H27N5/c1-6-9-17-15(8-7-14-10-18-20(4)11-14)16-12(2)19-21(5)13(16)3/h10-11,15,17H,6-9H2,1-5H3. The Morgan fingerprint density at radius 2 is 2.05 bits per heavy atom. The van der Waals surface area contributed by atoms with E-state index < -0.39 is 0 Å². The molecule has 0 aliphatic rings. The van der Waals surface area contributed by atoms with Crippen molar-refractivity contribution in [2.75, 3.05) is 6.54 Å². The number of aryl methyl sites for hydroxylation is 4. The van der Waals surface area contributed by atoms with Gasteiger partial charge in [-0.05, 0) is 45.2 Å². The van der Waals surface area contributed by atoms with Crippen LogP contribution in [0.15, 0.2) is 12.4 Å². The van der Waals surface area contributed by atoms with Crippen molar-refractivity contribution in [2.24, 2.45) is 14.1 Å². The summed E-state index contributed by atoms with van der Waals surface area (Å²) in [4.78, 5) is 0. The lowest BCUT2D eigenvalue weighted by Crippen LogP contribution is -2.24. The highest BCUT2D eigenvalue weighted by Crippen LogP contribution is 2.25. The molecular weight excluding hydrogens is 262 g/mol. The van der Waals surface area contributed by atoms with Gasteiger partial charge in [-0.1, -0.05) is 6.92 Å². The molecule has 5 heteroatoms. The number of hydrogen-bond donors (Lipinski definition) is 1. The normalized spacial score (nSPS) is 12.8. The largest absolute Gasteiger partial charge is 0.310 e. The molecule has 0 bridgehead atoms. The molecule has 1 atom stereocenters. The molecule has 0 aliphatic heterocycles. The maximum atomic E-state index is 4.56. The fraction of sp³-hybridized carbons (Fsp3) is 0.625. The fourth-order valence-electron chi connectivity index (χ4n) is 2.87. The first-order chi connectivity index (χ1) is 10.0. The van der Waals surface area contributed by atoms with Gasteiger partial charge in [0.15, 0.2) is 0 Å². The molecule has 0 aromatic carbocycles. The lowest BCUT2D eigenvalue weighted by molar-refractivity contribution is 0.495. The van der Waals surface area contributed by atoms with E-state index in [4.69, 9.17) is 0 Å². The molecule has 0 spiro atoms. The third-order valence-electron chi connectivity index (χ3n) is 4.03. The van der Waals surface area contributed by atoms with Gasteiger partial charge in [-0.3, -0.25) is 9.36 Å². The van der Waals surface area contributed by atoms with Gasteiger partial charge in [0.2, 0.25) is 0 Å². The Labute approximate surface area is 127 Å². The third kappa shape index (κ3) is 3.73. The summed E-state index contributed by atoms with van der Waals surface area (Å²) in [6.07, 6.45) is 7.30. The van der Waals surface area contributed by atoms with Gasteiger partial charge in [-0.15, -0.1) is 0 Å². The smallest absolute Gasteiger partial charge is 0.0644 e. The summed E-state index contributed by atoms with van der Waals surface area (Å²) in [7, 11) is 3.98. The second-order valence-electron chi connectivity index (χ2n) is 5.78. The molecule has 21 heavy (non-hydrogen) atoms. The van der Waals surface area contributed by atoms with Crippen molar-refractivity contribution in [1.29, 1.82) is 0 Å². The molecule has 1 N–H and O–H groups in total. The summed E-state index contributed by atoms with van der Waals surface area (Å²) in [5.74, 6) is 0. The molecule has 0 saturated carbocycles. The Morgan fingerprint density at radius 1 is 1.29 bits per heavy atom. The van der Waals surface area contributed by atoms with Crippen LogP contribution in [0.5, 0.6) is 0 Å². The molecule has 0 radical (unpaired) electrons. The number of aromatic nitrogens is 4. The molecular formula is C16H27N5. The van der Waals surface area contributed by atoms with E-state index in [-0.39, 0.29) is 0 Å². The summed E-state index contributed by atoms with van der Waals surface area (Å²) in [6.45, 7) is 7.49. The van der Waals surface area contributed by atoms with Crippen LogP contribution in [0.1, 0.15) is 48.3 Å². The van der Waals surface area contributed by atoms with E-state index in [0.29, 0.717) is 6.04 Å². The average molecular weight is 289 g/mol. The summed E-state index contributed by atoms with van der Waals surface area (Å²) < 4.78 is 3.85. The molecule has 1 unspecified atom stereocenters. The fourth-order valence-corrected chi connectivity index (χ4v) is 2.87. The minimum atomic E-state index is 0.360. The van der Waals surface area contributed by atoms with Crippen molar-refractivity contribution in [3.05, 3.63) is 34.9 Å². The van der Waals surface area contributed by atoms with Gasteiger partial charge < -0.3 is 5.32 Å². The van der Waals surface area contributed by atoms with Gasteiger partial charge in [0, 0.05) is 37.6 Å². The second kappa shape index (κ2) is 6.89. The van der Waals surface area contributed by atoms with E-state index in [1.165, 1.54) is 16.8 Å². The highest BCUT2D eigenvalue weighted by molar-refractivity contribution is 5.28. The van der Waals surface area contributed by atoms with E-state index in [1.807, 2.05) is 29.7 Å². The Morgan fingerprint density at radius 3 is 2.57 bits per heavy atom. The van der Waals surface area contributed by atoms with Crippen LogP contribution in [0.25, 0.3) is 0 Å². The summed E-state index contributed by atoms with van der Waals surface area (Å²) in [5.41, 5.74) is 5.04. The molecule has 0 amide bonds. The van der Waals surface area contributed by atoms with E-state index >= 15 is 0 Å². The van der Waals surface area contributed by atoms with Gasteiger partial charge in [-0.2, -0.15) is 10.2 Å².